The van der Waals surface area contributed by atoms with Crippen LogP contribution in [0.1, 0.15) is 25.7 Å². The first kappa shape index (κ1) is 12.0. The van der Waals surface area contributed by atoms with Crippen molar-refractivity contribution in [3.63, 3.8) is 0 Å². The van der Waals surface area contributed by atoms with E-state index in [1.165, 1.54) is 31.4 Å². The number of hydrogen-bond donors (Lipinski definition) is 0. The van der Waals surface area contributed by atoms with E-state index in [1.807, 2.05) is 0 Å². The Morgan fingerprint density at radius 3 is 2.78 bits per heavy atom. The van der Waals surface area contributed by atoms with Crippen LogP contribution in [0.15, 0.2) is 22.7 Å². The summed E-state index contributed by atoms with van der Waals surface area (Å²) in [5.74, 6) is 2.04. The topological polar surface area (TPSA) is 52.4 Å². The third-order valence-corrected chi connectivity index (χ3v) is 4.73. The molecule has 2 aliphatic carbocycles. The lowest BCUT2D eigenvalue weighted by atomic mass is 9.98. The number of non-ortho nitro benzene ring substituents is 1. The van der Waals surface area contributed by atoms with Crippen molar-refractivity contribution in [3.8, 4) is 5.75 Å². The standard InChI is InChI=1S/C13H14BrNO3/c14-11-4-3-10(15(16)17)7-13(11)18-12-6-8-1-2-9(12)5-8/h3-4,7-9,12H,1-2,5-6H2. The first-order valence-corrected chi connectivity index (χ1v) is 7.03. The summed E-state index contributed by atoms with van der Waals surface area (Å²) in [6, 6.07) is 4.68. The highest BCUT2D eigenvalue weighted by Crippen LogP contribution is 2.46. The molecule has 18 heavy (non-hydrogen) atoms. The van der Waals surface area contributed by atoms with Crippen LogP contribution in [0.5, 0.6) is 5.75 Å². The Hall–Kier alpha value is -1.10. The fourth-order valence-electron chi connectivity index (χ4n) is 3.19. The van der Waals surface area contributed by atoms with Gasteiger partial charge in [0.2, 0.25) is 0 Å². The fraction of sp³-hybridized carbons (Fsp3) is 0.538. The number of nitro groups is 1. The zero-order chi connectivity index (χ0) is 12.7. The summed E-state index contributed by atoms with van der Waals surface area (Å²) in [5, 5.41) is 10.8. The maximum atomic E-state index is 10.8. The van der Waals surface area contributed by atoms with Gasteiger partial charge in [0.05, 0.1) is 15.5 Å². The van der Waals surface area contributed by atoms with E-state index < -0.39 is 0 Å². The third kappa shape index (κ3) is 2.11. The average molecular weight is 312 g/mol. The van der Waals surface area contributed by atoms with Gasteiger partial charge in [-0.1, -0.05) is 0 Å². The van der Waals surface area contributed by atoms with E-state index in [0.29, 0.717) is 11.7 Å². The first-order valence-electron chi connectivity index (χ1n) is 6.24. The zero-order valence-corrected chi connectivity index (χ0v) is 11.4. The van der Waals surface area contributed by atoms with Crippen LogP contribution in [-0.2, 0) is 0 Å². The van der Waals surface area contributed by atoms with Gasteiger partial charge in [0.25, 0.3) is 5.69 Å². The van der Waals surface area contributed by atoms with Crippen LogP contribution in [0, 0.1) is 22.0 Å². The molecule has 1 aromatic carbocycles. The zero-order valence-electron chi connectivity index (χ0n) is 9.84. The largest absolute Gasteiger partial charge is 0.489 e. The summed E-state index contributed by atoms with van der Waals surface area (Å²) in [7, 11) is 0. The van der Waals surface area contributed by atoms with Gasteiger partial charge >= 0.3 is 0 Å². The van der Waals surface area contributed by atoms with Crippen molar-refractivity contribution in [1.29, 1.82) is 0 Å². The van der Waals surface area contributed by atoms with E-state index in [0.717, 1.165) is 16.8 Å². The normalized spacial score (nSPS) is 29.5. The molecule has 3 rings (SSSR count). The summed E-state index contributed by atoms with van der Waals surface area (Å²) >= 11 is 3.39. The van der Waals surface area contributed by atoms with E-state index in [2.05, 4.69) is 15.9 Å². The molecule has 96 valence electrons. The van der Waals surface area contributed by atoms with Gasteiger partial charge in [-0.05, 0) is 59.5 Å². The minimum absolute atomic E-state index is 0.0800. The Morgan fingerprint density at radius 1 is 1.33 bits per heavy atom. The predicted octanol–water partition coefficient (Wildman–Crippen LogP) is 3.92. The van der Waals surface area contributed by atoms with Crippen molar-refractivity contribution in [2.75, 3.05) is 0 Å². The SMILES string of the molecule is O=[N+]([O-])c1ccc(Br)c(OC2CC3CCC2C3)c1. The molecule has 0 N–H and O–H groups in total. The molecule has 0 aliphatic heterocycles. The van der Waals surface area contributed by atoms with Crippen LogP contribution in [-0.4, -0.2) is 11.0 Å². The number of nitro benzene ring substituents is 1. The molecular formula is C13H14BrNO3. The van der Waals surface area contributed by atoms with Gasteiger partial charge < -0.3 is 4.74 Å². The van der Waals surface area contributed by atoms with Crippen LogP contribution in [0.3, 0.4) is 0 Å². The molecule has 3 atom stereocenters. The molecule has 2 bridgehead atoms. The van der Waals surface area contributed by atoms with Gasteiger partial charge in [0.1, 0.15) is 11.9 Å². The smallest absolute Gasteiger partial charge is 0.273 e. The predicted molar refractivity (Wildman–Crippen MR) is 70.7 cm³/mol. The van der Waals surface area contributed by atoms with Gasteiger partial charge in [-0.3, -0.25) is 10.1 Å². The van der Waals surface area contributed by atoms with Crippen molar-refractivity contribution in [2.45, 2.75) is 31.8 Å². The molecule has 2 saturated carbocycles. The monoisotopic (exact) mass is 311 g/mol. The second-order valence-electron chi connectivity index (χ2n) is 5.20. The van der Waals surface area contributed by atoms with E-state index in [4.69, 9.17) is 4.74 Å². The highest BCUT2D eigenvalue weighted by Gasteiger charge is 2.41. The molecule has 5 heteroatoms. The third-order valence-electron chi connectivity index (χ3n) is 4.08. The minimum atomic E-state index is -0.389. The molecular weight excluding hydrogens is 298 g/mol. The van der Waals surface area contributed by atoms with E-state index >= 15 is 0 Å². The molecule has 0 amide bonds. The molecule has 0 spiro atoms. The Balaban J connectivity index is 1.79. The Bertz CT molecular complexity index is 491. The Kier molecular flexibility index (Phi) is 3.01. The van der Waals surface area contributed by atoms with Crippen LogP contribution in [0.4, 0.5) is 5.69 Å². The minimum Gasteiger partial charge on any atom is -0.489 e. The van der Waals surface area contributed by atoms with Gasteiger partial charge in [-0.2, -0.15) is 0 Å². The van der Waals surface area contributed by atoms with Crippen molar-refractivity contribution in [3.05, 3.63) is 32.8 Å². The van der Waals surface area contributed by atoms with Crippen molar-refractivity contribution in [2.24, 2.45) is 11.8 Å². The second-order valence-corrected chi connectivity index (χ2v) is 6.06. The summed E-state index contributed by atoms with van der Waals surface area (Å²) in [5.41, 5.74) is 0.0800. The van der Waals surface area contributed by atoms with Crippen molar-refractivity contribution in [1.82, 2.24) is 0 Å². The second kappa shape index (κ2) is 4.53. The van der Waals surface area contributed by atoms with Crippen LogP contribution < -0.4 is 4.74 Å². The number of ether oxygens (including phenoxy) is 1. The molecule has 4 nitrogen and oxygen atoms in total. The highest BCUT2D eigenvalue weighted by molar-refractivity contribution is 9.10. The molecule has 2 fully saturated rings. The summed E-state index contributed by atoms with van der Waals surface area (Å²) < 4.78 is 6.77. The number of rotatable bonds is 3. The summed E-state index contributed by atoms with van der Waals surface area (Å²) in [6.07, 6.45) is 5.15. The maximum Gasteiger partial charge on any atom is 0.273 e. The molecule has 0 heterocycles. The molecule has 2 aliphatic rings. The lowest BCUT2D eigenvalue weighted by molar-refractivity contribution is -0.385. The molecule has 0 radical (unpaired) electrons. The number of halogens is 1. The van der Waals surface area contributed by atoms with Gasteiger partial charge in [0, 0.05) is 6.07 Å². The molecule has 0 aromatic heterocycles. The van der Waals surface area contributed by atoms with Gasteiger partial charge in [-0.25, -0.2) is 0 Å². The lowest BCUT2D eigenvalue weighted by Gasteiger charge is -2.23. The van der Waals surface area contributed by atoms with E-state index in [-0.39, 0.29) is 16.7 Å². The van der Waals surface area contributed by atoms with E-state index in [9.17, 15) is 10.1 Å². The molecule has 3 unspecified atom stereocenters. The van der Waals surface area contributed by atoms with E-state index in [1.54, 1.807) is 6.07 Å². The molecule has 1 aromatic rings. The van der Waals surface area contributed by atoms with Crippen molar-refractivity contribution >= 4 is 21.6 Å². The average Bonchev–Trinajstić information content (AvgIpc) is 2.93. The summed E-state index contributed by atoms with van der Waals surface area (Å²) in [4.78, 5) is 10.4. The maximum absolute atomic E-state index is 10.8. The lowest BCUT2D eigenvalue weighted by Crippen LogP contribution is -2.23. The summed E-state index contributed by atoms with van der Waals surface area (Å²) in [6.45, 7) is 0. The number of hydrogen-bond acceptors (Lipinski definition) is 3. The fourth-order valence-corrected chi connectivity index (χ4v) is 3.53. The first-order chi connectivity index (χ1) is 8.63. The molecule has 0 saturated heterocycles. The van der Waals surface area contributed by atoms with Gasteiger partial charge in [0.15, 0.2) is 0 Å². The number of nitrogens with zero attached hydrogens (tertiary/aromatic N) is 1. The van der Waals surface area contributed by atoms with Crippen LogP contribution in [0.25, 0.3) is 0 Å². The number of fused-ring (bicyclic) bond motifs is 2. The van der Waals surface area contributed by atoms with Crippen LogP contribution in [0.2, 0.25) is 0 Å². The Labute approximate surface area is 114 Å². The number of benzene rings is 1. The quantitative estimate of drug-likeness (QED) is 0.628. The van der Waals surface area contributed by atoms with Gasteiger partial charge in [-0.15, -0.1) is 0 Å². The van der Waals surface area contributed by atoms with Crippen LogP contribution >= 0.6 is 15.9 Å². The Morgan fingerprint density at radius 2 is 2.17 bits per heavy atom. The van der Waals surface area contributed by atoms with Crippen molar-refractivity contribution < 1.29 is 9.66 Å². The highest BCUT2D eigenvalue weighted by atomic mass is 79.9.